The smallest absolute Gasteiger partial charge is 0.139 e. The van der Waals surface area contributed by atoms with Crippen LogP contribution in [0, 0.1) is 0 Å². The standard InChI is InChI=1S/C11H13BrOS/c1-2-11(13-7-8-14-11)9-3-5-10(12)6-4-9/h3-6H,2,7-8H2,1H3. The molecule has 14 heavy (non-hydrogen) atoms. The number of hydrogen-bond acceptors (Lipinski definition) is 2. The number of halogens is 1. The molecule has 1 aromatic carbocycles. The van der Waals surface area contributed by atoms with Gasteiger partial charge < -0.3 is 4.74 Å². The highest BCUT2D eigenvalue weighted by Crippen LogP contribution is 2.44. The molecule has 76 valence electrons. The van der Waals surface area contributed by atoms with Crippen LogP contribution < -0.4 is 0 Å². The van der Waals surface area contributed by atoms with Gasteiger partial charge in [-0.1, -0.05) is 35.0 Å². The Morgan fingerprint density at radius 3 is 2.64 bits per heavy atom. The van der Waals surface area contributed by atoms with Crippen molar-refractivity contribution < 1.29 is 4.74 Å². The lowest BCUT2D eigenvalue weighted by Crippen LogP contribution is -2.19. The first-order chi connectivity index (χ1) is 6.77. The average Bonchev–Trinajstić information content (AvgIpc) is 2.68. The molecule has 0 amide bonds. The first kappa shape index (κ1) is 10.5. The highest BCUT2D eigenvalue weighted by atomic mass is 79.9. The van der Waals surface area contributed by atoms with Gasteiger partial charge in [-0.05, 0) is 24.1 Å². The van der Waals surface area contributed by atoms with Crippen LogP contribution in [0.25, 0.3) is 0 Å². The Kier molecular flexibility index (Phi) is 3.20. The molecule has 1 aliphatic heterocycles. The molecule has 1 fully saturated rings. The minimum absolute atomic E-state index is 0.0826. The molecular weight excluding hydrogens is 260 g/mol. The molecule has 0 aromatic heterocycles. The molecule has 2 rings (SSSR count). The topological polar surface area (TPSA) is 9.23 Å². The fourth-order valence-electron chi connectivity index (χ4n) is 1.73. The van der Waals surface area contributed by atoms with E-state index >= 15 is 0 Å². The zero-order chi connectivity index (χ0) is 10.0. The van der Waals surface area contributed by atoms with Crippen molar-refractivity contribution in [2.45, 2.75) is 18.3 Å². The van der Waals surface area contributed by atoms with E-state index < -0.39 is 0 Å². The van der Waals surface area contributed by atoms with Gasteiger partial charge in [0.1, 0.15) is 4.93 Å². The Morgan fingerprint density at radius 1 is 1.43 bits per heavy atom. The largest absolute Gasteiger partial charge is 0.359 e. The molecule has 1 saturated heterocycles. The van der Waals surface area contributed by atoms with E-state index in [2.05, 4.69) is 47.1 Å². The molecule has 1 heterocycles. The first-order valence-electron chi connectivity index (χ1n) is 4.81. The number of thioether (sulfide) groups is 1. The number of ether oxygens (including phenoxy) is 1. The van der Waals surface area contributed by atoms with Gasteiger partial charge in [0.25, 0.3) is 0 Å². The fourth-order valence-corrected chi connectivity index (χ4v) is 3.17. The highest BCUT2D eigenvalue weighted by Gasteiger charge is 2.35. The SMILES string of the molecule is CCC1(c2ccc(Br)cc2)OCCS1. The van der Waals surface area contributed by atoms with Crippen LogP contribution in [0.1, 0.15) is 18.9 Å². The molecular formula is C11H13BrOS. The van der Waals surface area contributed by atoms with Crippen molar-refractivity contribution in [1.82, 2.24) is 0 Å². The molecule has 0 spiro atoms. The van der Waals surface area contributed by atoms with E-state index in [9.17, 15) is 0 Å². The van der Waals surface area contributed by atoms with E-state index in [0.29, 0.717) is 0 Å². The van der Waals surface area contributed by atoms with Gasteiger partial charge in [0.05, 0.1) is 6.61 Å². The summed E-state index contributed by atoms with van der Waals surface area (Å²) in [6.45, 7) is 3.05. The van der Waals surface area contributed by atoms with Crippen LogP contribution in [0.2, 0.25) is 0 Å². The Morgan fingerprint density at radius 2 is 2.14 bits per heavy atom. The van der Waals surface area contributed by atoms with Crippen molar-refractivity contribution in [2.24, 2.45) is 0 Å². The summed E-state index contributed by atoms with van der Waals surface area (Å²) in [4.78, 5) is -0.0826. The summed E-state index contributed by atoms with van der Waals surface area (Å²) in [7, 11) is 0. The van der Waals surface area contributed by atoms with Gasteiger partial charge in [-0.15, -0.1) is 11.8 Å². The zero-order valence-electron chi connectivity index (χ0n) is 8.13. The van der Waals surface area contributed by atoms with Crippen LogP contribution >= 0.6 is 27.7 Å². The summed E-state index contributed by atoms with van der Waals surface area (Å²) in [6.07, 6.45) is 1.03. The molecule has 1 aliphatic rings. The summed E-state index contributed by atoms with van der Waals surface area (Å²) < 4.78 is 6.98. The van der Waals surface area contributed by atoms with Crippen molar-refractivity contribution in [2.75, 3.05) is 12.4 Å². The van der Waals surface area contributed by atoms with Crippen molar-refractivity contribution in [3.63, 3.8) is 0 Å². The maximum absolute atomic E-state index is 5.86. The normalized spacial score (nSPS) is 26.7. The molecule has 0 saturated carbocycles. The Hall–Kier alpha value is 0.01000. The van der Waals surface area contributed by atoms with E-state index in [1.165, 1.54) is 5.56 Å². The molecule has 1 atom stereocenters. The van der Waals surface area contributed by atoms with E-state index in [-0.39, 0.29) is 4.93 Å². The Labute approximate surface area is 97.4 Å². The lowest BCUT2D eigenvalue weighted by atomic mass is 10.1. The Bertz CT molecular complexity index is 304. The zero-order valence-corrected chi connectivity index (χ0v) is 10.5. The summed E-state index contributed by atoms with van der Waals surface area (Å²) >= 11 is 5.36. The number of hydrogen-bond donors (Lipinski definition) is 0. The monoisotopic (exact) mass is 272 g/mol. The molecule has 1 unspecified atom stereocenters. The maximum Gasteiger partial charge on any atom is 0.139 e. The third-order valence-electron chi connectivity index (χ3n) is 2.50. The van der Waals surface area contributed by atoms with Crippen molar-refractivity contribution in [3.05, 3.63) is 34.3 Å². The minimum atomic E-state index is -0.0826. The molecule has 1 aromatic rings. The fraction of sp³-hybridized carbons (Fsp3) is 0.455. The lowest BCUT2D eigenvalue weighted by molar-refractivity contribution is 0.0465. The third kappa shape index (κ3) is 1.86. The van der Waals surface area contributed by atoms with Crippen molar-refractivity contribution in [3.8, 4) is 0 Å². The summed E-state index contributed by atoms with van der Waals surface area (Å²) in [5, 5.41) is 0. The van der Waals surface area contributed by atoms with Gasteiger partial charge in [0, 0.05) is 10.2 Å². The van der Waals surface area contributed by atoms with Crippen LogP contribution in [0.3, 0.4) is 0 Å². The summed E-state index contributed by atoms with van der Waals surface area (Å²) in [5.41, 5.74) is 1.28. The van der Waals surface area contributed by atoms with Crippen LogP contribution in [0.15, 0.2) is 28.7 Å². The van der Waals surface area contributed by atoms with E-state index in [4.69, 9.17) is 4.74 Å². The van der Waals surface area contributed by atoms with Crippen LogP contribution in [-0.2, 0) is 9.67 Å². The summed E-state index contributed by atoms with van der Waals surface area (Å²) in [5.74, 6) is 1.10. The van der Waals surface area contributed by atoms with E-state index in [0.717, 1.165) is 23.3 Å². The summed E-state index contributed by atoms with van der Waals surface area (Å²) in [6, 6.07) is 8.45. The molecule has 0 aliphatic carbocycles. The average molecular weight is 273 g/mol. The molecule has 0 N–H and O–H groups in total. The second-order valence-electron chi connectivity index (χ2n) is 3.31. The van der Waals surface area contributed by atoms with Gasteiger partial charge in [-0.3, -0.25) is 0 Å². The molecule has 0 radical (unpaired) electrons. The van der Waals surface area contributed by atoms with Crippen molar-refractivity contribution >= 4 is 27.7 Å². The van der Waals surface area contributed by atoms with Crippen LogP contribution in [0.5, 0.6) is 0 Å². The van der Waals surface area contributed by atoms with Gasteiger partial charge in [-0.25, -0.2) is 0 Å². The Balaban J connectivity index is 2.31. The number of benzene rings is 1. The minimum Gasteiger partial charge on any atom is -0.359 e. The first-order valence-corrected chi connectivity index (χ1v) is 6.59. The van der Waals surface area contributed by atoms with Gasteiger partial charge >= 0.3 is 0 Å². The van der Waals surface area contributed by atoms with Gasteiger partial charge in [0.15, 0.2) is 0 Å². The van der Waals surface area contributed by atoms with E-state index in [1.54, 1.807) is 0 Å². The van der Waals surface area contributed by atoms with Crippen LogP contribution in [0.4, 0.5) is 0 Å². The van der Waals surface area contributed by atoms with Crippen molar-refractivity contribution in [1.29, 1.82) is 0 Å². The quantitative estimate of drug-likeness (QED) is 0.811. The van der Waals surface area contributed by atoms with E-state index in [1.807, 2.05) is 11.8 Å². The van der Waals surface area contributed by atoms with Crippen LogP contribution in [-0.4, -0.2) is 12.4 Å². The van der Waals surface area contributed by atoms with Gasteiger partial charge in [0.2, 0.25) is 0 Å². The molecule has 0 bridgehead atoms. The molecule has 1 nitrogen and oxygen atoms in total. The lowest BCUT2D eigenvalue weighted by Gasteiger charge is -2.26. The predicted molar refractivity (Wildman–Crippen MR) is 64.5 cm³/mol. The predicted octanol–water partition coefficient (Wildman–Crippen LogP) is 3.78. The second-order valence-corrected chi connectivity index (χ2v) is 5.58. The number of rotatable bonds is 2. The highest BCUT2D eigenvalue weighted by molar-refractivity contribution is 9.10. The van der Waals surface area contributed by atoms with Gasteiger partial charge in [-0.2, -0.15) is 0 Å². The third-order valence-corrected chi connectivity index (χ3v) is 4.51. The second kappa shape index (κ2) is 4.25. The molecule has 3 heteroatoms. The maximum atomic E-state index is 5.86.